The van der Waals surface area contributed by atoms with Gasteiger partial charge in [0.15, 0.2) is 0 Å². The third-order valence-electron chi connectivity index (χ3n) is 0.340. The van der Waals surface area contributed by atoms with Crippen molar-refractivity contribution in [2.24, 2.45) is 0 Å². The first-order chi connectivity index (χ1) is 3.56. The molecule has 0 heterocycles. The molecule has 0 saturated heterocycles. The molecule has 1 radical (unpaired) electrons. The fraction of sp³-hybridized carbons (Fsp3) is 0.250. The zero-order valence-corrected chi connectivity index (χ0v) is 5.28. The van der Waals surface area contributed by atoms with Gasteiger partial charge in [-0.2, -0.15) is 8.78 Å². The maximum Gasteiger partial charge on any atom is 0.320 e. The summed E-state index contributed by atoms with van der Waals surface area (Å²) in [4.78, 5) is 6.21. The van der Waals surface area contributed by atoms with Crippen molar-refractivity contribution < 1.29 is 13.6 Å². The number of hydrogen-bond donors (Lipinski definition) is 0. The minimum atomic E-state index is -3.08. The van der Waals surface area contributed by atoms with Gasteiger partial charge >= 0.3 is 4.83 Å². The second-order valence-corrected chi connectivity index (χ2v) is 2.05. The van der Waals surface area contributed by atoms with Crippen LogP contribution in [0.4, 0.5) is 8.78 Å². The van der Waals surface area contributed by atoms with Crippen LogP contribution < -0.4 is 0 Å². The predicted molar refractivity (Wildman–Crippen MR) is 28.7 cm³/mol. The van der Waals surface area contributed by atoms with E-state index in [2.05, 4.69) is 0 Å². The van der Waals surface area contributed by atoms with Crippen molar-refractivity contribution in [1.82, 2.24) is 0 Å². The van der Waals surface area contributed by atoms with E-state index in [0.717, 1.165) is 0 Å². The normalized spacial score (nSPS) is 12.4. The molecule has 0 amide bonds. The number of hydrogen-bond acceptors (Lipinski definition) is 1. The summed E-state index contributed by atoms with van der Waals surface area (Å²) in [5.74, 6) is 0. The Morgan fingerprint density at radius 2 is 2.12 bits per heavy atom. The Morgan fingerprint density at radius 1 is 1.62 bits per heavy atom. The van der Waals surface area contributed by atoms with E-state index in [9.17, 15) is 13.6 Å². The quantitative estimate of drug-likeness (QED) is 0.470. The van der Waals surface area contributed by atoms with Crippen LogP contribution in [0.3, 0.4) is 0 Å². The highest BCUT2D eigenvalue weighted by atomic mass is 79.9. The van der Waals surface area contributed by atoms with Gasteiger partial charge in [-0.05, 0) is 28.1 Å². The van der Waals surface area contributed by atoms with Crippen LogP contribution >= 0.6 is 15.9 Å². The van der Waals surface area contributed by atoms with Crippen LogP contribution in [-0.4, -0.2) is 11.1 Å². The minimum absolute atomic E-state index is 0.403. The Hall–Kier alpha value is -0.250. The van der Waals surface area contributed by atoms with E-state index in [1.54, 1.807) is 0 Å². The lowest BCUT2D eigenvalue weighted by Gasteiger charge is -1.95. The summed E-state index contributed by atoms with van der Waals surface area (Å²) in [5, 5.41) is 0. The van der Waals surface area contributed by atoms with E-state index < -0.39 is 4.83 Å². The Morgan fingerprint density at radius 3 is 2.25 bits per heavy atom. The van der Waals surface area contributed by atoms with E-state index in [4.69, 9.17) is 0 Å². The fourth-order valence-corrected chi connectivity index (χ4v) is 0.261. The van der Waals surface area contributed by atoms with Crippen LogP contribution in [0.15, 0.2) is 12.2 Å². The average molecular weight is 184 g/mol. The van der Waals surface area contributed by atoms with Crippen molar-refractivity contribution in [1.29, 1.82) is 0 Å². The number of alkyl halides is 3. The molecular weight excluding hydrogens is 182 g/mol. The van der Waals surface area contributed by atoms with E-state index in [0.29, 0.717) is 12.2 Å². The van der Waals surface area contributed by atoms with Crippen LogP contribution in [0.1, 0.15) is 0 Å². The molecule has 0 aromatic heterocycles. The topological polar surface area (TPSA) is 17.1 Å². The second kappa shape index (κ2) is 2.91. The monoisotopic (exact) mass is 183 g/mol. The Bertz CT molecular complexity index is 105. The third-order valence-corrected chi connectivity index (χ3v) is 0.605. The second-order valence-electron chi connectivity index (χ2n) is 0.993. The average Bonchev–Trinajstić information content (AvgIpc) is 1.59. The minimum Gasteiger partial charge on any atom is -0.286 e. The molecule has 4 heteroatoms. The Labute approximate surface area is 53.5 Å². The molecule has 0 atom stereocenters. The molecule has 0 fully saturated rings. The molecular formula is C4H2BrF2O. The maximum absolute atomic E-state index is 11.6. The van der Waals surface area contributed by atoms with Gasteiger partial charge in [-0.3, -0.25) is 4.79 Å². The van der Waals surface area contributed by atoms with Crippen molar-refractivity contribution in [3.8, 4) is 0 Å². The first kappa shape index (κ1) is 7.75. The fourth-order valence-electron chi connectivity index (χ4n) is 0.129. The SMILES string of the molecule is O=[C]C=CC(F)(F)Br. The molecule has 0 aromatic carbocycles. The number of carbonyl (C=O) groups excluding carboxylic acids is 1. The lowest BCUT2D eigenvalue weighted by atomic mass is 10.5. The first-order valence-electron chi connectivity index (χ1n) is 1.68. The molecule has 0 unspecified atom stereocenters. The van der Waals surface area contributed by atoms with E-state index in [1.807, 2.05) is 15.9 Å². The summed E-state index contributed by atoms with van der Waals surface area (Å²) >= 11 is 1.98. The highest BCUT2D eigenvalue weighted by Crippen LogP contribution is 2.22. The van der Waals surface area contributed by atoms with Crippen molar-refractivity contribution >= 4 is 22.2 Å². The van der Waals surface area contributed by atoms with Gasteiger partial charge in [-0.1, -0.05) is 0 Å². The highest BCUT2D eigenvalue weighted by Gasteiger charge is 2.17. The van der Waals surface area contributed by atoms with Crippen molar-refractivity contribution in [3.63, 3.8) is 0 Å². The summed E-state index contributed by atoms with van der Waals surface area (Å²) in [7, 11) is 0. The Kier molecular flexibility index (Phi) is 2.82. The molecule has 0 aliphatic heterocycles. The molecule has 0 aliphatic rings. The molecule has 0 N–H and O–H groups in total. The van der Waals surface area contributed by atoms with Gasteiger partial charge in [-0.15, -0.1) is 0 Å². The molecule has 0 aromatic rings. The summed E-state index contributed by atoms with van der Waals surface area (Å²) in [6.45, 7) is 0. The van der Waals surface area contributed by atoms with Gasteiger partial charge in [-0.25, -0.2) is 0 Å². The first-order valence-corrected chi connectivity index (χ1v) is 2.47. The smallest absolute Gasteiger partial charge is 0.286 e. The van der Waals surface area contributed by atoms with Gasteiger partial charge in [0, 0.05) is 0 Å². The van der Waals surface area contributed by atoms with Gasteiger partial charge in [0.2, 0.25) is 6.29 Å². The van der Waals surface area contributed by atoms with Crippen LogP contribution in [0.25, 0.3) is 0 Å². The zero-order valence-electron chi connectivity index (χ0n) is 3.70. The standard InChI is InChI=1S/C4H2BrF2O/c5-4(6,7)2-1-3-8/h1-2H. The van der Waals surface area contributed by atoms with Crippen molar-refractivity contribution in [2.75, 3.05) is 0 Å². The van der Waals surface area contributed by atoms with Gasteiger partial charge in [0.25, 0.3) is 0 Å². The highest BCUT2D eigenvalue weighted by molar-refractivity contribution is 9.10. The number of allylic oxidation sites excluding steroid dienone is 2. The summed E-state index contributed by atoms with van der Waals surface area (Å²) in [6.07, 6.45) is 2.19. The zero-order chi connectivity index (χ0) is 6.62. The van der Waals surface area contributed by atoms with E-state index >= 15 is 0 Å². The van der Waals surface area contributed by atoms with Crippen LogP contribution in [0.2, 0.25) is 0 Å². The lowest BCUT2D eigenvalue weighted by molar-refractivity contribution is 0.171. The van der Waals surface area contributed by atoms with E-state index in [-0.39, 0.29) is 0 Å². The largest absolute Gasteiger partial charge is 0.320 e. The number of halogens is 3. The molecule has 0 saturated carbocycles. The Balaban J connectivity index is 3.69. The molecule has 0 bridgehead atoms. The molecule has 0 spiro atoms. The summed E-state index contributed by atoms with van der Waals surface area (Å²) in [5.41, 5.74) is 0. The van der Waals surface area contributed by atoms with Crippen molar-refractivity contribution in [3.05, 3.63) is 12.2 Å². The molecule has 0 rings (SSSR count). The lowest BCUT2D eigenvalue weighted by Crippen LogP contribution is -1.96. The summed E-state index contributed by atoms with van der Waals surface area (Å²) < 4.78 is 23.1. The van der Waals surface area contributed by atoms with Crippen LogP contribution in [0.5, 0.6) is 0 Å². The molecule has 45 valence electrons. The predicted octanol–water partition coefficient (Wildman–Crippen LogP) is 1.64. The van der Waals surface area contributed by atoms with Gasteiger partial charge < -0.3 is 0 Å². The van der Waals surface area contributed by atoms with Gasteiger partial charge in [0.05, 0.1) is 0 Å². The molecule has 1 nitrogen and oxygen atoms in total. The molecule has 8 heavy (non-hydrogen) atoms. The summed E-state index contributed by atoms with van der Waals surface area (Å²) in [6, 6.07) is 0. The van der Waals surface area contributed by atoms with Crippen LogP contribution in [0, 0.1) is 0 Å². The van der Waals surface area contributed by atoms with Crippen LogP contribution in [-0.2, 0) is 4.79 Å². The molecule has 0 aliphatic carbocycles. The maximum atomic E-state index is 11.6. The third kappa shape index (κ3) is 5.75. The number of rotatable bonds is 2. The van der Waals surface area contributed by atoms with Gasteiger partial charge in [0.1, 0.15) is 0 Å². The van der Waals surface area contributed by atoms with Crippen molar-refractivity contribution in [2.45, 2.75) is 4.83 Å². The van der Waals surface area contributed by atoms with E-state index in [1.165, 1.54) is 6.29 Å².